The molecule has 16 heavy (non-hydrogen) atoms. The molecule has 82 valence electrons. The molecule has 0 spiro atoms. The van der Waals surface area contributed by atoms with E-state index < -0.39 is 21.2 Å². The van der Waals surface area contributed by atoms with Gasteiger partial charge in [-0.15, -0.1) is 0 Å². The number of benzene rings is 1. The number of hydrogen-bond acceptors (Lipinski definition) is 6. The van der Waals surface area contributed by atoms with E-state index >= 15 is 0 Å². The third-order valence-electron chi connectivity index (χ3n) is 2.07. The number of nitro groups is 2. The largest absolute Gasteiger partial charge is 0.358 e. The van der Waals surface area contributed by atoms with Crippen molar-refractivity contribution in [2.75, 3.05) is 10.6 Å². The molecule has 0 saturated heterocycles. The minimum atomic E-state index is -0.779. The Morgan fingerprint density at radius 3 is 1.56 bits per heavy atom. The van der Waals surface area contributed by atoms with Gasteiger partial charge in [0, 0.05) is 24.5 Å². The maximum absolute atomic E-state index is 10.6. The number of hydrogen-bond donors (Lipinski definition) is 2. The van der Waals surface area contributed by atoms with Crippen molar-refractivity contribution in [1.29, 1.82) is 0 Å². The first-order valence-electron chi connectivity index (χ1n) is 4.24. The van der Waals surface area contributed by atoms with Gasteiger partial charge in [-0.2, -0.15) is 0 Å². The molecule has 1 aromatic rings. The van der Waals surface area contributed by atoms with Gasteiger partial charge in [0.15, 0.2) is 0 Å². The van der Waals surface area contributed by atoms with Gasteiger partial charge in [0.25, 0.3) is 0 Å². The molecule has 0 amide bonds. The molecule has 1 aliphatic rings. The Morgan fingerprint density at radius 1 is 0.875 bits per heavy atom. The first-order valence-corrected chi connectivity index (χ1v) is 4.24. The quantitative estimate of drug-likeness (QED) is 0.583. The van der Waals surface area contributed by atoms with Gasteiger partial charge in [-0.05, 0) is 0 Å². The number of nitrogens with zero attached hydrogens (tertiary/aromatic N) is 2. The Morgan fingerprint density at radius 2 is 1.25 bits per heavy atom. The molecule has 1 aliphatic heterocycles. The maximum atomic E-state index is 10.6. The lowest BCUT2D eigenvalue weighted by Crippen LogP contribution is -2.05. The van der Waals surface area contributed by atoms with Gasteiger partial charge in [0.2, 0.25) is 0 Å². The van der Waals surface area contributed by atoms with Gasteiger partial charge in [0.1, 0.15) is 0 Å². The molecule has 0 radical (unpaired) electrons. The second-order valence-corrected chi connectivity index (χ2v) is 3.02. The van der Waals surface area contributed by atoms with Crippen LogP contribution in [0.4, 0.5) is 22.7 Å². The van der Waals surface area contributed by atoms with Crippen molar-refractivity contribution in [1.82, 2.24) is 0 Å². The molecule has 1 heterocycles. The van der Waals surface area contributed by atoms with E-state index in [0.717, 1.165) is 12.1 Å². The Balaban J connectivity index is 2.61. The second kappa shape index (κ2) is 3.50. The van der Waals surface area contributed by atoms with Gasteiger partial charge in [0.05, 0.1) is 21.2 Å². The van der Waals surface area contributed by atoms with Crippen LogP contribution < -0.4 is 10.6 Å². The first-order chi connectivity index (χ1) is 7.59. The fourth-order valence-corrected chi connectivity index (χ4v) is 1.37. The van der Waals surface area contributed by atoms with Crippen molar-refractivity contribution in [2.24, 2.45) is 0 Å². The predicted molar refractivity (Wildman–Crippen MR) is 56.1 cm³/mol. The van der Waals surface area contributed by atoms with E-state index in [9.17, 15) is 20.2 Å². The van der Waals surface area contributed by atoms with Gasteiger partial charge < -0.3 is 10.6 Å². The van der Waals surface area contributed by atoms with Crippen LogP contribution in [0.5, 0.6) is 0 Å². The monoisotopic (exact) mass is 222 g/mol. The van der Waals surface area contributed by atoms with E-state index in [-0.39, 0.29) is 0 Å². The second-order valence-electron chi connectivity index (χ2n) is 3.02. The van der Waals surface area contributed by atoms with Crippen LogP contribution in [0.1, 0.15) is 0 Å². The summed E-state index contributed by atoms with van der Waals surface area (Å²) in [5.74, 6) is 0. The maximum Gasteiger partial charge on any atom is 0.348 e. The molecular formula is C8H6N4O4. The fraction of sp³-hybridized carbons (Fsp3) is 0. The van der Waals surface area contributed by atoms with Gasteiger partial charge in [-0.25, -0.2) is 0 Å². The minimum absolute atomic E-state index is 0.430. The van der Waals surface area contributed by atoms with Crippen molar-refractivity contribution in [2.45, 2.75) is 0 Å². The smallest absolute Gasteiger partial charge is 0.348 e. The summed E-state index contributed by atoms with van der Waals surface area (Å²) in [4.78, 5) is 19.7. The van der Waals surface area contributed by atoms with Gasteiger partial charge in [-0.1, -0.05) is 0 Å². The average Bonchev–Trinajstić information content (AvgIpc) is 2.27. The SMILES string of the molecule is O=[N+]([O-])c1cc2c(cc1[N+](=O)[O-])NC=CN2. The summed E-state index contributed by atoms with van der Waals surface area (Å²) < 4.78 is 0. The summed E-state index contributed by atoms with van der Waals surface area (Å²) >= 11 is 0. The molecule has 0 bridgehead atoms. The predicted octanol–water partition coefficient (Wildman–Crippen LogP) is 1.81. The highest BCUT2D eigenvalue weighted by molar-refractivity contribution is 5.80. The van der Waals surface area contributed by atoms with Crippen LogP contribution in [0.15, 0.2) is 24.5 Å². The number of nitrogens with one attached hydrogen (secondary N) is 2. The Kier molecular flexibility index (Phi) is 2.16. The van der Waals surface area contributed by atoms with E-state index in [1.165, 1.54) is 12.4 Å². The van der Waals surface area contributed by atoms with Crippen LogP contribution in [-0.4, -0.2) is 9.85 Å². The van der Waals surface area contributed by atoms with Crippen LogP contribution in [-0.2, 0) is 0 Å². The van der Waals surface area contributed by atoms with Crippen molar-refractivity contribution < 1.29 is 9.85 Å². The molecule has 2 N–H and O–H groups in total. The summed E-state index contributed by atoms with van der Waals surface area (Å²) in [6, 6.07) is 2.26. The van der Waals surface area contributed by atoms with Crippen LogP contribution >= 0.6 is 0 Å². The zero-order chi connectivity index (χ0) is 11.7. The molecule has 8 nitrogen and oxygen atoms in total. The molecule has 2 rings (SSSR count). The van der Waals surface area contributed by atoms with Crippen molar-refractivity contribution in [3.8, 4) is 0 Å². The zero-order valence-corrected chi connectivity index (χ0v) is 7.84. The van der Waals surface area contributed by atoms with Crippen molar-refractivity contribution in [3.05, 3.63) is 44.8 Å². The molecular weight excluding hydrogens is 216 g/mol. The molecule has 0 aliphatic carbocycles. The van der Waals surface area contributed by atoms with Crippen molar-refractivity contribution in [3.63, 3.8) is 0 Å². The third-order valence-corrected chi connectivity index (χ3v) is 2.07. The normalized spacial score (nSPS) is 12.2. The van der Waals surface area contributed by atoms with E-state index in [4.69, 9.17) is 0 Å². The highest BCUT2D eigenvalue weighted by Gasteiger charge is 2.27. The van der Waals surface area contributed by atoms with Crippen molar-refractivity contribution >= 4 is 22.7 Å². The van der Waals surface area contributed by atoms with Crippen LogP contribution in [0.25, 0.3) is 0 Å². The lowest BCUT2D eigenvalue weighted by atomic mass is 10.2. The molecule has 0 aromatic heterocycles. The molecule has 8 heteroatoms. The summed E-state index contributed by atoms with van der Waals surface area (Å²) in [7, 11) is 0. The Labute approximate surface area is 88.9 Å². The number of nitro benzene ring substituents is 2. The van der Waals surface area contributed by atoms with Gasteiger partial charge >= 0.3 is 11.4 Å². The highest BCUT2D eigenvalue weighted by atomic mass is 16.6. The number of anilines is 2. The van der Waals surface area contributed by atoms with Crippen LogP contribution in [0.2, 0.25) is 0 Å². The first kappa shape index (κ1) is 9.90. The minimum Gasteiger partial charge on any atom is -0.358 e. The third kappa shape index (κ3) is 1.52. The standard InChI is InChI=1S/C8H6N4O4/c13-11(14)7-3-5-6(10-2-1-9-5)4-8(7)12(15)16/h1-4,9-10H. The number of fused-ring (bicyclic) bond motifs is 1. The van der Waals surface area contributed by atoms with E-state index in [1.54, 1.807) is 0 Å². The van der Waals surface area contributed by atoms with E-state index in [1.807, 2.05) is 0 Å². The summed E-state index contributed by atoms with van der Waals surface area (Å²) in [6.07, 6.45) is 3.08. The Bertz CT molecular complexity index is 466. The number of rotatable bonds is 2. The highest BCUT2D eigenvalue weighted by Crippen LogP contribution is 2.36. The van der Waals surface area contributed by atoms with E-state index in [2.05, 4.69) is 10.6 Å². The molecule has 1 aromatic carbocycles. The van der Waals surface area contributed by atoms with Crippen LogP contribution in [0.3, 0.4) is 0 Å². The fourth-order valence-electron chi connectivity index (χ4n) is 1.37. The van der Waals surface area contributed by atoms with E-state index in [0.29, 0.717) is 11.4 Å². The van der Waals surface area contributed by atoms with Gasteiger partial charge in [-0.3, -0.25) is 20.2 Å². The summed E-state index contributed by atoms with van der Waals surface area (Å²) in [6.45, 7) is 0. The lowest BCUT2D eigenvalue weighted by molar-refractivity contribution is -0.422. The average molecular weight is 222 g/mol. The Hall–Kier alpha value is -2.64. The molecule has 0 saturated carbocycles. The topological polar surface area (TPSA) is 110 Å². The summed E-state index contributed by atoms with van der Waals surface area (Å²) in [5, 5.41) is 26.8. The molecule has 0 fully saturated rings. The lowest BCUT2D eigenvalue weighted by Gasteiger charge is -2.13. The molecule has 0 unspecified atom stereocenters. The zero-order valence-electron chi connectivity index (χ0n) is 7.84. The summed E-state index contributed by atoms with van der Waals surface area (Å²) in [5.41, 5.74) is -0.207. The van der Waals surface area contributed by atoms with Crippen LogP contribution in [0, 0.1) is 20.2 Å². The molecule has 0 atom stereocenters.